The molecule has 0 saturated heterocycles. The van der Waals surface area contributed by atoms with Gasteiger partial charge in [0, 0.05) is 30.9 Å². The Kier molecular flexibility index (Phi) is 4.14. The van der Waals surface area contributed by atoms with Crippen LogP contribution in [0, 0.1) is 0 Å². The number of nitrogens with zero attached hydrogens (tertiary/aromatic N) is 6. The van der Waals surface area contributed by atoms with Gasteiger partial charge in [0.15, 0.2) is 0 Å². The van der Waals surface area contributed by atoms with E-state index in [0.29, 0.717) is 29.2 Å². The number of carbonyl (C=O) groups excluding carboxylic acids is 1. The van der Waals surface area contributed by atoms with Crippen molar-refractivity contribution in [3.8, 4) is 11.3 Å². The fourth-order valence-electron chi connectivity index (χ4n) is 3.90. The highest BCUT2D eigenvalue weighted by atomic mass is 19.4. The topological polar surface area (TPSA) is 68.8 Å². The molecule has 7 nitrogen and oxygen atoms in total. The van der Waals surface area contributed by atoms with Gasteiger partial charge in [-0.3, -0.25) is 19.1 Å². The molecule has 0 saturated carbocycles. The second-order valence-corrected chi connectivity index (χ2v) is 7.56. The van der Waals surface area contributed by atoms with E-state index in [-0.39, 0.29) is 11.9 Å². The van der Waals surface area contributed by atoms with E-state index < -0.39 is 11.7 Å². The SMILES string of the molecule is C[C@H]1CN(c2ccc(C(F)(F)F)cc2)C(=O)c2c(-c3cc4c(cn3)cnn4C)cnn21. The van der Waals surface area contributed by atoms with Crippen molar-refractivity contribution in [3.05, 3.63) is 60.2 Å². The molecule has 1 amide bonds. The molecule has 0 spiro atoms. The zero-order chi connectivity index (χ0) is 21.9. The van der Waals surface area contributed by atoms with Gasteiger partial charge < -0.3 is 4.90 Å². The second-order valence-electron chi connectivity index (χ2n) is 7.56. The largest absolute Gasteiger partial charge is 0.416 e. The van der Waals surface area contributed by atoms with Crippen LogP contribution < -0.4 is 4.90 Å². The van der Waals surface area contributed by atoms with E-state index >= 15 is 0 Å². The summed E-state index contributed by atoms with van der Waals surface area (Å²) in [5.74, 6) is -0.336. The summed E-state index contributed by atoms with van der Waals surface area (Å²) in [4.78, 5) is 19.3. The number of anilines is 1. The van der Waals surface area contributed by atoms with Crippen LogP contribution in [-0.2, 0) is 13.2 Å². The van der Waals surface area contributed by atoms with Gasteiger partial charge in [0.2, 0.25) is 0 Å². The Morgan fingerprint density at radius 1 is 1.06 bits per heavy atom. The molecular weight excluding hydrogens is 409 g/mol. The van der Waals surface area contributed by atoms with Crippen molar-refractivity contribution in [2.45, 2.75) is 19.1 Å². The zero-order valence-corrected chi connectivity index (χ0v) is 16.6. The number of aryl methyl sites for hydroxylation is 1. The molecule has 1 atom stereocenters. The Balaban J connectivity index is 1.57. The summed E-state index contributed by atoms with van der Waals surface area (Å²) in [5.41, 5.74) is 2.00. The molecule has 0 radical (unpaired) electrons. The fourth-order valence-corrected chi connectivity index (χ4v) is 3.90. The standard InChI is InChI=1S/C21H17F3N6O/c1-12-11-29(15-5-3-14(4-6-15)21(22,23)24)20(31)19-16(10-27-30(12)19)17-7-18-13(8-25-17)9-26-28(18)2/h3-10,12H,11H2,1-2H3/t12-/m0/s1. The molecular formula is C21H17F3N6O. The molecule has 1 aromatic carbocycles. The summed E-state index contributed by atoms with van der Waals surface area (Å²) in [7, 11) is 1.82. The maximum Gasteiger partial charge on any atom is 0.416 e. The van der Waals surface area contributed by atoms with Gasteiger partial charge in [-0.1, -0.05) is 0 Å². The highest BCUT2D eigenvalue weighted by Crippen LogP contribution is 2.34. The van der Waals surface area contributed by atoms with Gasteiger partial charge in [0.25, 0.3) is 5.91 Å². The molecule has 0 bridgehead atoms. The van der Waals surface area contributed by atoms with E-state index in [1.165, 1.54) is 17.0 Å². The number of rotatable bonds is 2. The molecule has 158 valence electrons. The van der Waals surface area contributed by atoms with E-state index in [4.69, 9.17) is 0 Å². The summed E-state index contributed by atoms with van der Waals surface area (Å²) < 4.78 is 42.1. The summed E-state index contributed by atoms with van der Waals surface area (Å²) in [6, 6.07) is 6.28. The van der Waals surface area contributed by atoms with Crippen LogP contribution in [0.25, 0.3) is 22.2 Å². The lowest BCUT2D eigenvalue weighted by atomic mass is 10.1. The van der Waals surface area contributed by atoms with Gasteiger partial charge in [-0.05, 0) is 37.3 Å². The maximum absolute atomic E-state index is 13.4. The lowest BCUT2D eigenvalue weighted by Gasteiger charge is -2.32. The smallest absolute Gasteiger partial charge is 0.305 e. The average Bonchev–Trinajstić information content (AvgIpc) is 3.35. The number of carbonyl (C=O) groups is 1. The molecule has 4 aromatic rings. The highest BCUT2D eigenvalue weighted by Gasteiger charge is 2.35. The number of halogens is 3. The van der Waals surface area contributed by atoms with Gasteiger partial charge in [-0.15, -0.1) is 0 Å². The molecule has 0 unspecified atom stereocenters. The molecule has 4 heterocycles. The third kappa shape index (κ3) is 3.06. The van der Waals surface area contributed by atoms with E-state index in [1.54, 1.807) is 28.0 Å². The van der Waals surface area contributed by atoms with Crippen molar-refractivity contribution in [1.82, 2.24) is 24.5 Å². The van der Waals surface area contributed by atoms with Crippen molar-refractivity contribution in [1.29, 1.82) is 0 Å². The van der Waals surface area contributed by atoms with Crippen LogP contribution in [0.2, 0.25) is 0 Å². The molecule has 0 N–H and O–H groups in total. The van der Waals surface area contributed by atoms with Gasteiger partial charge in [-0.2, -0.15) is 23.4 Å². The van der Waals surface area contributed by atoms with E-state index in [0.717, 1.165) is 23.0 Å². The molecule has 3 aromatic heterocycles. The van der Waals surface area contributed by atoms with Crippen LogP contribution in [0.5, 0.6) is 0 Å². The lowest BCUT2D eigenvalue weighted by molar-refractivity contribution is -0.137. The fraction of sp³-hybridized carbons (Fsp3) is 0.238. The Bertz CT molecular complexity index is 1310. The normalized spacial score (nSPS) is 16.7. The second kappa shape index (κ2) is 6.66. The third-order valence-electron chi connectivity index (χ3n) is 5.52. The van der Waals surface area contributed by atoms with Crippen molar-refractivity contribution in [2.24, 2.45) is 7.05 Å². The van der Waals surface area contributed by atoms with E-state index in [2.05, 4.69) is 15.2 Å². The monoisotopic (exact) mass is 426 g/mol. The van der Waals surface area contributed by atoms with Gasteiger partial charge >= 0.3 is 6.18 Å². The summed E-state index contributed by atoms with van der Waals surface area (Å²) >= 11 is 0. The minimum atomic E-state index is -4.43. The predicted molar refractivity (Wildman–Crippen MR) is 108 cm³/mol. The molecule has 0 fully saturated rings. The maximum atomic E-state index is 13.4. The molecule has 10 heteroatoms. The molecule has 1 aliphatic rings. The first-order chi connectivity index (χ1) is 14.7. The summed E-state index contributed by atoms with van der Waals surface area (Å²) in [5, 5.41) is 9.47. The zero-order valence-electron chi connectivity index (χ0n) is 16.6. The quantitative estimate of drug-likeness (QED) is 0.485. The summed E-state index contributed by atoms with van der Waals surface area (Å²) in [6.07, 6.45) is 0.565. The van der Waals surface area contributed by atoms with E-state index in [1.807, 2.05) is 20.0 Å². The van der Waals surface area contributed by atoms with Crippen LogP contribution in [0.4, 0.5) is 18.9 Å². The minimum absolute atomic E-state index is 0.163. The third-order valence-corrected chi connectivity index (χ3v) is 5.52. The number of benzene rings is 1. The Hall–Kier alpha value is -3.69. The van der Waals surface area contributed by atoms with E-state index in [9.17, 15) is 18.0 Å². The number of alkyl halides is 3. The highest BCUT2D eigenvalue weighted by molar-refractivity contribution is 6.09. The number of amides is 1. The number of pyridine rings is 1. The van der Waals surface area contributed by atoms with Crippen LogP contribution in [0.3, 0.4) is 0 Å². The predicted octanol–water partition coefficient (Wildman–Crippen LogP) is 4.07. The first kappa shape index (κ1) is 19.3. The van der Waals surface area contributed by atoms with Crippen molar-refractivity contribution in [2.75, 3.05) is 11.4 Å². The van der Waals surface area contributed by atoms with Crippen molar-refractivity contribution in [3.63, 3.8) is 0 Å². The summed E-state index contributed by atoms with van der Waals surface area (Å²) in [6.45, 7) is 2.20. The number of hydrogen-bond acceptors (Lipinski definition) is 4. The molecule has 5 rings (SSSR count). The van der Waals surface area contributed by atoms with Gasteiger partial charge in [-0.25, -0.2) is 0 Å². The van der Waals surface area contributed by atoms with Gasteiger partial charge in [0.05, 0.1) is 40.8 Å². The number of hydrogen-bond donors (Lipinski definition) is 0. The number of aromatic nitrogens is 5. The molecule has 0 aliphatic carbocycles. The van der Waals surface area contributed by atoms with Gasteiger partial charge in [0.1, 0.15) is 5.69 Å². The minimum Gasteiger partial charge on any atom is -0.305 e. The Morgan fingerprint density at radius 3 is 2.52 bits per heavy atom. The Morgan fingerprint density at radius 2 is 1.81 bits per heavy atom. The molecule has 31 heavy (non-hydrogen) atoms. The molecule has 1 aliphatic heterocycles. The van der Waals surface area contributed by atoms with Crippen LogP contribution in [-0.4, -0.2) is 37.0 Å². The number of fused-ring (bicyclic) bond motifs is 2. The van der Waals surface area contributed by atoms with Crippen LogP contribution >= 0.6 is 0 Å². The lowest BCUT2D eigenvalue weighted by Crippen LogP contribution is -2.42. The first-order valence-electron chi connectivity index (χ1n) is 9.59. The van der Waals surface area contributed by atoms with Crippen LogP contribution in [0.1, 0.15) is 29.0 Å². The average molecular weight is 426 g/mol. The van der Waals surface area contributed by atoms with Crippen LogP contribution in [0.15, 0.2) is 48.9 Å². The van der Waals surface area contributed by atoms with Crippen molar-refractivity contribution < 1.29 is 18.0 Å². The Labute approximate surface area is 174 Å². The van der Waals surface area contributed by atoms with Crippen molar-refractivity contribution >= 4 is 22.5 Å². The first-order valence-corrected chi connectivity index (χ1v) is 9.59.